The number of hydrogen-bond acceptors (Lipinski definition) is 3. The highest BCUT2D eigenvalue weighted by molar-refractivity contribution is 5.85. The number of benzene rings is 1. The van der Waals surface area contributed by atoms with Gasteiger partial charge in [0.15, 0.2) is 0 Å². The van der Waals surface area contributed by atoms with Crippen molar-refractivity contribution in [2.24, 2.45) is 0 Å². The van der Waals surface area contributed by atoms with E-state index in [0.29, 0.717) is 5.56 Å². The number of alkyl halides is 3. The molecule has 1 aliphatic rings. The maximum atomic E-state index is 12.4. The molecule has 1 N–H and O–H groups in total. The normalized spacial score (nSPS) is 15.5. The first kappa shape index (κ1) is 20.6. The minimum Gasteiger partial charge on any atom is -0.406 e. The molecule has 0 aromatic heterocycles. The molecule has 1 amide bonds. The second-order valence-electron chi connectivity index (χ2n) is 5.64. The lowest BCUT2D eigenvalue weighted by atomic mass is 10.0. The quantitative estimate of drug-likeness (QED) is 0.870. The van der Waals surface area contributed by atoms with Crippen LogP contribution in [0.4, 0.5) is 13.2 Å². The number of nitrogens with zero attached hydrogens (tertiary/aromatic N) is 1. The van der Waals surface area contributed by atoms with Crippen molar-refractivity contribution in [3.8, 4) is 5.75 Å². The molecule has 0 aliphatic carbocycles. The Balaban J connectivity index is 0.00000288. The first-order valence-electron chi connectivity index (χ1n) is 7.67. The van der Waals surface area contributed by atoms with E-state index in [1.54, 1.807) is 24.1 Å². The summed E-state index contributed by atoms with van der Waals surface area (Å²) in [6.45, 7) is 1.76. The van der Waals surface area contributed by atoms with Crippen molar-refractivity contribution >= 4 is 18.3 Å². The van der Waals surface area contributed by atoms with Gasteiger partial charge >= 0.3 is 6.36 Å². The van der Waals surface area contributed by atoms with Crippen LogP contribution < -0.4 is 10.1 Å². The van der Waals surface area contributed by atoms with E-state index < -0.39 is 6.36 Å². The topological polar surface area (TPSA) is 41.6 Å². The fraction of sp³-hybridized carbons (Fsp3) is 0.562. The molecule has 0 spiro atoms. The third kappa shape index (κ3) is 6.20. The van der Waals surface area contributed by atoms with Crippen LogP contribution in [0.1, 0.15) is 24.8 Å². The van der Waals surface area contributed by atoms with Crippen molar-refractivity contribution in [3.05, 3.63) is 29.8 Å². The van der Waals surface area contributed by atoms with Crippen molar-refractivity contribution in [1.29, 1.82) is 0 Å². The molecule has 0 unspecified atom stereocenters. The van der Waals surface area contributed by atoms with Crippen molar-refractivity contribution < 1.29 is 22.7 Å². The number of amides is 1. The molecular formula is C16H22ClF3N2O2. The summed E-state index contributed by atoms with van der Waals surface area (Å²) >= 11 is 0. The number of rotatable bonds is 5. The van der Waals surface area contributed by atoms with Gasteiger partial charge in [0.05, 0.1) is 0 Å². The summed E-state index contributed by atoms with van der Waals surface area (Å²) in [4.78, 5) is 14.0. The number of aryl methyl sites for hydroxylation is 1. The van der Waals surface area contributed by atoms with Gasteiger partial charge < -0.3 is 15.0 Å². The van der Waals surface area contributed by atoms with Crippen LogP contribution in [-0.2, 0) is 11.2 Å². The molecule has 136 valence electrons. The van der Waals surface area contributed by atoms with Gasteiger partial charge in [0.25, 0.3) is 0 Å². The van der Waals surface area contributed by atoms with E-state index in [9.17, 15) is 18.0 Å². The van der Waals surface area contributed by atoms with Crippen LogP contribution in [0.2, 0.25) is 0 Å². The van der Waals surface area contributed by atoms with E-state index >= 15 is 0 Å². The fourth-order valence-corrected chi connectivity index (χ4v) is 2.75. The molecule has 1 aliphatic heterocycles. The molecule has 1 aromatic carbocycles. The van der Waals surface area contributed by atoms with Crippen molar-refractivity contribution in [3.63, 3.8) is 0 Å². The van der Waals surface area contributed by atoms with Crippen molar-refractivity contribution in [1.82, 2.24) is 10.2 Å². The SMILES string of the molecule is CN(C(=O)CCc1ccccc1OC(F)(F)F)C1CCNCC1.Cl. The summed E-state index contributed by atoms with van der Waals surface area (Å²) in [6.07, 6.45) is -2.54. The Hall–Kier alpha value is -1.47. The predicted octanol–water partition coefficient (Wildman–Crippen LogP) is 3.15. The van der Waals surface area contributed by atoms with Crippen LogP contribution in [0, 0.1) is 0 Å². The van der Waals surface area contributed by atoms with Crippen LogP contribution in [0.3, 0.4) is 0 Å². The molecule has 0 bridgehead atoms. The Morgan fingerprint density at radius 2 is 1.92 bits per heavy atom. The maximum Gasteiger partial charge on any atom is 0.573 e. The minimum absolute atomic E-state index is 0. The Kier molecular flexibility index (Phi) is 7.83. The summed E-state index contributed by atoms with van der Waals surface area (Å²) in [5.41, 5.74) is 0.386. The fourth-order valence-electron chi connectivity index (χ4n) is 2.75. The molecule has 1 fully saturated rings. The number of carbonyl (C=O) groups is 1. The second-order valence-corrected chi connectivity index (χ2v) is 5.64. The monoisotopic (exact) mass is 366 g/mol. The predicted molar refractivity (Wildman–Crippen MR) is 87.4 cm³/mol. The largest absolute Gasteiger partial charge is 0.573 e. The summed E-state index contributed by atoms with van der Waals surface area (Å²) in [5, 5.41) is 3.23. The van der Waals surface area contributed by atoms with E-state index in [0.717, 1.165) is 25.9 Å². The van der Waals surface area contributed by atoms with Gasteiger partial charge in [0, 0.05) is 19.5 Å². The molecule has 24 heavy (non-hydrogen) atoms. The van der Waals surface area contributed by atoms with Gasteiger partial charge in [0.2, 0.25) is 5.91 Å². The number of halogens is 4. The van der Waals surface area contributed by atoms with Crippen LogP contribution in [-0.4, -0.2) is 43.3 Å². The van der Waals surface area contributed by atoms with Gasteiger partial charge in [-0.25, -0.2) is 0 Å². The standard InChI is InChI=1S/C16H21F3N2O2.ClH/c1-21(13-8-10-20-11-9-13)15(22)7-6-12-4-2-3-5-14(12)23-16(17,18)19;/h2-5,13,20H,6-11H2,1H3;1H. The second kappa shape index (κ2) is 9.13. The number of nitrogens with one attached hydrogen (secondary N) is 1. The first-order valence-corrected chi connectivity index (χ1v) is 7.67. The maximum absolute atomic E-state index is 12.4. The van der Waals surface area contributed by atoms with E-state index in [2.05, 4.69) is 10.1 Å². The van der Waals surface area contributed by atoms with E-state index in [1.165, 1.54) is 12.1 Å². The van der Waals surface area contributed by atoms with E-state index in [-0.39, 0.29) is 42.9 Å². The highest BCUT2D eigenvalue weighted by Gasteiger charge is 2.32. The third-order valence-corrected chi connectivity index (χ3v) is 4.06. The van der Waals surface area contributed by atoms with Crippen LogP contribution >= 0.6 is 12.4 Å². The lowest BCUT2D eigenvalue weighted by Crippen LogP contribution is -2.44. The van der Waals surface area contributed by atoms with E-state index in [1.807, 2.05) is 0 Å². The van der Waals surface area contributed by atoms with Gasteiger partial charge in [-0.1, -0.05) is 18.2 Å². The van der Waals surface area contributed by atoms with Gasteiger partial charge in [-0.05, 0) is 44.0 Å². The Labute approximate surface area is 145 Å². The Bertz CT molecular complexity index is 534. The number of piperidine rings is 1. The van der Waals surface area contributed by atoms with Gasteiger partial charge in [-0.15, -0.1) is 25.6 Å². The van der Waals surface area contributed by atoms with Crippen LogP contribution in [0.5, 0.6) is 5.75 Å². The highest BCUT2D eigenvalue weighted by atomic mass is 35.5. The molecule has 8 heteroatoms. The Morgan fingerprint density at radius 1 is 1.29 bits per heavy atom. The first-order chi connectivity index (χ1) is 10.9. The lowest BCUT2D eigenvalue weighted by molar-refractivity contribution is -0.274. The van der Waals surface area contributed by atoms with Crippen molar-refractivity contribution in [2.45, 2.75) is 38.1 Å². The number of ether oxygens (including phenoxy) is 1. The molecule has 1 heterocycles. The number of hydrogen-bond donors (Lipinski definition) is 1. The average Bonchev–Trinajstić information content (AvgIpc) is 2.52. The summed E-state index contributed by atoms with van der Waals surface area (Å²) in [7, 11) is 1.76. The van der Waals surface area contributed by atoms with Crippen LogP contribution in [0.25, 0.3) is 0 Å². The molecule has 4 nitrogen and oxygen atoms in total. The molecule has 0 saturated carbocycles. The van der Waals surface area contributed by atoms with E-state index in [4.69, 9.17) is 0 Å². The molecule has 1 aromatic rings. The Morgan fingerprint density at radius 3 is 2.54 bits per heavy atom. The summed E-state index contributed by atoms with van der Waals surface area (Å²) in [6, 6.07) is 6.14. The lowest BCUT2D eigenvalue weighted by Gasteiger charge is -2.31. The smallest absolute Gasteiger partial charge is 0.406 e. The van der Waals surface area contributed by atoms with Crippen LogP contribution in [0.15, 0.2) is 24.3 Å². The summed E-state index contributed by atoms with van der Waals surface area (Å²) < 4.78 is 41.2. The molecule has 0 atom stereocenters. The third-order valence-electron chi connectivity index (χ3n) is 4.06. The van der Waals surface area contributed by atoms with Gasteiger partial charge in [-0.2, -0.15) is 0 Å². The number of para-hydroxylation sites is 1. The zero-order chi connectivity index (χ0) is 16.9. The average molecular weight is 367 g/mol. The molecule has 2 rings (SSSR count). The molecule has 0 radical (unpaired) electrons. The van der Waals surface area contributed by atoms with Crippen molar-refractivity contribution in [2.75, 3.05) is 20.1 Å². The molecular weight excluding hydrogens is 345 g/mol. The zero-order valence-electron chi connectivity index (χ0n) is 13.4. The summed E-state index contributed by atoms with van der Waals surface area (Å²) in [5.74, 6) is -0.295. The number of carbonyl (C=O) groups excluding carboxylic acids is 1. The van der Waals surface area contributed by atoms with Gasteiger partial charge in [-0.3, -0.25) is 4.79 Å². The minimum atomic E-state index is -4.73. The highest BCUT2D eigenvalue weighted by Crippen LogP contribution is 2.27. The zero-order valence-corrected chi connectivity index (χ0v) is 14.3. The van der Waals surface area contributed by atoms with Gasteiger partial charge in [0.1, 0.15) is 5.75 Å². The molecule has 1 saturated heterocycles.